The lowest BCUT2D eigenvalue weighted by molar-refractivity contribution is -0.119. The number of hydrogen-bond acceptors (Lipinski definition) is 4. The predicted octanol–water partition coefficient (Wildman–Crippen LogP) is 3.30. The van der Waals surface area contributed by atoms with Crippen molar-refractivity contribution in [3.63, 3.8) is 0 Å². The third-order valence-corrected chi connectivity index (χ3v) is 4.39. The third-order valence-electron chi connectivity index (χ3n) is 4.18. The zero-order chi connectivity index (χ0) is 16.7. The van der Waals surface area contributed by atoms with E-state index in [4.69, 9.17) is 11.6 Å². The Morgan fingerprint density at radius 1 is 1.12 bits per heavy atom. The van der Waals surface area contributed by atoms with Gasteiger partial charge in [-0.05, 0) is 48.7 Å². The summed E-state index contributed by atoms with van der Waals surface area (Å²) >= 11 is 5.48. The zero-order valence-electron chi connectivity index (χ0n) is 12.8. The zero-order valence-corrected chi connectivity index (χ0v) is 13.5. The van der Waals surface area contributed by atoms with E-state index in [0.29, 0.717) is 17.0 Å². The average Bonchev–Trinajstić information content (AvgIpc) is 3.35. The second-order valence-electron chi connectivity index (χ2n) is 5.98. The van der Waals surface area contributed by atoms with Gasteiger partial charge < -0.3 is 0 Å². The van der Waals surface area contributed by atoms with Gasteiger partial charge >= 0.3 is 0 Å². The smallest absolute Gasteiger partial charge is 0.252 e. The summed E-state index contributed by atoms with van der Waals surface area (Å²) in [7, 11) is 0. The molecule has 0 atom stereocenters. The molecule has 1 fully saturated rings. The van der Waals surface area contributed by atoms with Crippen molar-refractivity contribution < 1.29 is 9.59 Å². The maximum atomic E-state index is 12.0. The van der Waals surface area contributed by atoms with Crippen LogP contribution >= 0.6 is 11.6 Å². The second kappa shape index (κ2) is 5.83. The minimum atomic E-state index is -0.485. The Balaban J connectivity index is 1.70. The minimum absolute atomic E-state index is 0.205. The monoisotopic (exact) mass is 339 g/mol. The first-order valence-corrected chi connectivity index (χ1v) is 8.17. The SMILES string of the molecule is O=C(Cl)c1ccc(-c2cccc3nc(CC(=O)C4CC4)nn23)cc1. The van der Waals surface area contributed by atoms with Gasteiger partial charge in [-0.1, -0.05) is 18.2 Å². The van der Waals surface area contributed by atoms with Gasteiger partial charge in [0.05, 0.1) is 12.1 Å². The topological polar surface area (TPSA) is 64.3 Å². The number of hydrogen-bond donors (Lipinski definition) is 0. The molecule has 2 heterocycles. The molecule has 4 rings (SSSR count). The van der Waals surface area contributed by atoms with Crippen LogP contribution in [-0.2, 0) is 11.2 Å². The number of halogens is 1. The first kappa shape index (κ1) is 15.0. The molecule has 0 radical (unpaired) electrons. The normalized spacial score (nSPS) is 14.0. The summed E-state index contributed by atoms with van der Waals surface area (Å²) in [5.41, 5.74) is 2.89. The number of rotatable bonds is 5. The molecule has 3 aromatic rings. The van der Waals surface area contributed by atoms with Crippen molar-refractivity contribution in [2.75, 3.05) is 0 Å². The van der Waals surface area contributed by atoms with Crippen LogP contribution < -0.4 is 0 Å². The molecule has 0 amide bonds. The number of fused-ring (bicyclic) bond motifs is 1. The van der Waals surface area contributed by atoms with E-state index in [0.717, 1.165) is 24.1 Å². The number of aromatic nitrogens is 3. The van der Waals surface area contributed by atoms with E-state index in [9.17, 15) is 9.59 Å². The van der Waals surface area contributed by atoms with Crippen molar-refractivity contribution in [2.24, 2.45) is 5.92 Å². The maximum Gasteiger partial charge on any atom is 0.252 e. The lowest BCUT2D eigenvalue weighted by atomic mass is 10.1. The van der Waals surface area contributed by atoms with Gasteiger partial charge in [0.15, 0.2) is 11.5 Å². The second-order valence-corrected chi connectivity index (χ2v) is 6.32. The van der Waals surface area contributed by atoms with Gasteiger partial charge in [-0.25, -0.2) is 9.50 Å². The summed E-state index contributed by atoms with van der Waals surface area (Å²) < 4.78 is 1.73. The molecule has 120 valence electrons. The number of nitrogens with zero attached hydrogens (tertiary/aromatic N) is 3. The van der Waals surface area contributed by atoms with Crippen LogP contribution in [0.5, 0.6) is 0 Å². The summed E-state index contributed by atoms with van der Waals surface area (Å²) in [4.78, 5) is 27.6. The molecule has 1 aromatic carbocycles. The summed E-state index contributed by atoms with van der Waals surface area (Å²) in [6, 6.07) is 12.7. The molecule has 0 aliphatic heterocycles. The highest BCUT2D eigenvalue weighted by atomic mass is 35.5. The van der Waals surface area contributed by atoms with E-state index in [1.54, 1.807) is 16.6 Å². The van der Waals surface area contributed by atoms with Gasteiger partial charge in [0, 0.05) is 17.0 Å². The van der Waals surface area contributed by atoms with Crippen molar-refractivity contribution >= 4 is 28.3 Å². The molecule has 0 N–H and O–H groups in total. The lowest BCUT2D eigenvalue weighted by Crippen LogP contribution is -2.06. The lowest BCUT2D eigenvalue weighted by Gasteiger charge is -2.04. The quantitative estimate of drug-likeness (QED) is 0.669. The third kappa shape index (κ3) is 2.83. The number of Topliss-reactive ketones (excluding diaryl/α,β-unsaturated/α-hetero) is 1. The molecule has 24 heavy (non-hydrogen) atoms. The van der Waals surface area contributed by atoms with Crippen LogP contribution in [0.3, 0.4) is 0 Å². The van der Waals surface area contributed by atoms with Crippen molar-refractivity contribution in [1.29, 1.82) is 0 Å². The molecule has 1 saturated carbocycles. The van der Waals surface area contributed by atoms with E-state index in [1.165, 1.54) is 0 Å². The Morgan fingerprint density at radius 2 is 1.88 bits per heavy atom. The number of ketones is 1. The van der Waals surface area contributed by atoms with Gasteiger partial charge in [-0.15, -0.1) is 0 Å². The fourth-order valence-corrected chi connectivity index (χ4v) is 2.85. The van der Waals surface area contributed by atoms with Crippen LogP contribution in [0.1, 0.15) is 29.0 Å². The number of carbonyl (C=O) groups is 2. The van der Waals surface area contributed by atoms with Crippen molar-refractivity contribution in [2.45, 2.75) is 19.3 Å². The van der Waals surface area contributed by atoms with E-state index in [-0.39, 0.29) is 18.1 Å². The first-order chi connectivity index (χ1) is 11.6. The Kier molecular flexibility index (Phi) is 3.65. The minimum Gasteiger partial charge on any atom is -0.299 e. The largest absolute Gasteiger partial charge is 0.299 e. The highest BCUT2D eigenvalue weighted by Crippen LogP contribution is 2.30. The Morgan fingerprint density at radius 3 is 2.54 bits per heavy atom. The highest BCUT2D eigenvalue weighted by Gasteiger charge is 2.30. The van der Waals surface area contributed by atoms with Gasteiger partial charge in [0.25, 0.3) is 5.24 Å². The Hall–Kier alpha value is -2.53. The molecular formula is C18H14ClN3O2. The van der Waals surface area contributed by atoms with Crippen LogP contribution in [0.15, 0.2) is 42.5 Å². The summed E-state index contributed by atoms with van der Waals surface area (Å²) in [6.45, 7) is 0. The fourth-order valence-electron chi connectivity index (χ4n) is 2.72. The van der Waals surface area contributed by atoms with Gasteiger partial charge in [-0.3, -0.25) is 9.59 Å². The van der Waals surface area contributed by atoms with E-state index < -0.39 is 5.24 Å². The summed E-state index contributed by atoms with van der Waals surface area (Å²) in [5, 5.41) is 4.00. The molecule has 6 heteroatoms. The van der Waals surface area contributed by atoms with Crippen LogP contribution in [0.2, 0.25) is 0 Å². The molecule has 0 saturated heterocycles. The van der Waals surface area contributed by atoms with Crippen LogP contribution in [0.4, 0.5) is 0 Å². The van der Waals surface area contributed by atoms with Gasteiger partial charge in [0.1, 0.15) is 5.78 Å². The van der Waals surface area contributed by atoms with Crippen LogP contribution in [0, 0.1) is 5.92 Å². The van der Waals surface area contributed by atoms with Crippen LogP contribution in [-0.4, -0.2) is 25.6 Å². The number of pyridine rings is 1. The van der Waals surface area contributed by atoms with E-state index in [2.05, 4.69) is 10.1 Å². The fraction of sp³-hybridized carbons (Fsp3) is 0.222. The first-order valence-electron chi connectivity index (χ1n) is 7.79. The van der Waals surface area contributed by atoms with E-state index in [1.807, 2.05) is 30.3 Å². The molecule has 0 spiro atoms. The van der Waals surface area contributed by atoms with Gasteiger partial charge in [0.2, 0.25) is 0 Å². The van der Waals surface area contributed by atoms with Crippen molar-refractivity contribution in [3.05, 3.63) is 53.9 Å². The summed E-state index contributed by atoms with van der Waals surface area (Å²) in [5.74, 6) is 0.973. The van der Waals surface area contributed by atoms with E-state index >= 15 is 0 Å². The molecule has 1 aliphatic carbocycles. The summed E-state index contributed by atoms with van der Waals surface area (Å²) in [6.07, 6.45) is 2.26. The number of benzene rings is 1. The molecular weight excluding hydrogens is 326 g/mol. The molecule has 0 unspecified atom stereocenters. The van der Waals surface area contributed by atoms with Gasteiger partial charge in [-0.2, -0.15) is 5.10 Å². The average molecular weight is 340 g/mol. The highest BCUT2D eigenvalue weighted by molar-refractivity contribution is 6.67. The molecule has 2 aromatic heterocycles. The van der Waals surface area contributed by atoms with Crippen molar-refractivity contribution in [3.8, 4) is 11.3 Å². The molecule has 1 aliphatic rings. The standard InChI is InChI=1S/C18H14ClN3O2/c19-18(24)13-8-4-11(5-9-13)14-2-1-3-17-20-16(21-22(14)17)10-15(23)12-6-7-12/h1-5,8-9,12H,6-7,10H2. The number of carbonyl (C=O) groups excluding carboxylic acids is 2. The Labute approximate surface area is 143 Å². The Bertz CT molecular complexity index is 943. The maximum absolute atomic E-state index is 12.0. The predicted molar refractivity (Wildman–Crippen MR) is 90.0 cm³/mol. The molecule has 0 bridgehead atoms. The molecule has 5 nitrogen and oxygen atoms in total. The van der Waals surface area contributed by atoms with Crippen LogP contribution in [0.25, 0.3) is 16.9 Å². The van der Waals surface area contributed by atoms with Crippen molar-refractivity contribution in [1.82, 2.24) is 14.6 Å².